The van der Waals surface area contributed by atoms with Crippen molar-refractivity contribution in [3.63, 3.8) is 0 Å². The summed E-state index contributed by atoms with van der Waals surface area (Å²) in [6.07, 6.45) is 6.42. The number of unbranched alkanes of at least 4 members (excludes halogenated alkanes) is 1. The lowest BCUT2D eigenvalue weighted by atomic mass is 10.3. The summed E-state index contributed by atoms with van der Waals surface area (Å²) >= 11 is 3.40. The van der Waals surface area contributed by atoms with Crippen LogP contribution in [-0.2, 0) is 6.54 Å². The van der Waals surface area contributed by atoms with Crippen LogP contribution in [0.25, 0.3) is 0 Å². The fourth-order valence-corrected chi connectivity index (χ4v) is 2.88. The molecule has 1 saturated carbocycles. The number of nitrogens with one attached hydrogen (secondary N) is 1. The van der Waals surface area contributed by atoms with Crippen LogP contribution in [0.5, 0.6) is 0 Å². The Hall–Kier alpha value is -0.880. The van der Waals surface area contributed by atoms with Gasteiger partial charge in [0.15, 0.2) is 0 Å². The monoisotopic (exact) mass is 356 g/mol. The van der Waals surface area contributed by atoms with Crippen molar-refractivity contribution in [3.05, 3.63) is 21.0 Å². The molecule has 5 nitrogen and oxygen atoms in total. The van der Waals surface area contributed by atoms with Crippen LogP contribution < -0.4 is 10.9 Å². The van der Waals surface area contributed by atoms with Crippen molar-refractivity contribution in [1.82, 2.24) is 14.7 Å². The van der Waals surface area contributed by atoms with E-state index in [2.05, 4.69) is 45.1 Å². The maximum absolute atomic E-state index is 12.2. The molecule has 0 bridgehead atoms. The van der Waals surface area contributed by atoms with Crippen LogP contribution >= 0.6 is 15.9 Å². The molecule has 1 aliphatic carbocycles. The molecule has 1 aromatic heterocycles. The van der Waals surface area contributed by atoms with Crippen molar-refractivity contribution in [2.75, 3.05) is 25.0 Å². The van der Waals surface area contributed by atoms with E-state index >= 15 is 0 Å². The Balaban J connectivity index is 1.91. The van der Waals surface area contributed by atoms with Crippen molar-refractivity contribution in [2.45, 2.75) is 52.1 Å². The summed E-state index contributed by atoms with van der Waals surface area (Å²) in [5.41, 5.74) is 0.739. The van der Waals surface area contributed by atoms with Gasteiger partial charge in [-0.3, -0.25) is 9.69 Å². The van der Waals surface area contributed by atoms with Crippen LogP contribution in [0.4, 0.5) is 5.69 Å². The average molecular weight is 357 g/mol. The van der Waals surface area contributed by atoms with Gasteiger partial charge in [-0.25, -0.2) is 4.68 Å². The number of rotatable bonds is 9. The highest BCUT2D eigenvalue weighted by molar-refractivity contribution is 9.10. The summed E-state index contributed by atoms with van der Waals surface area (Å²) < 4.78 is 2.12. The molecule has 2 rings (SSSR count). The fourth-order valence-electron chi connectivity index (χ4n) is 2.43. The van der Waals surface area contributed by atoms with E-state index in [0.717, 1.165) is 44.2 Å². The molecule has 0 spiro atoms. The van der Waals surface area contributed by atoms with Crippen LogP contribution in [-0.4, -0.2) is 40.4 Å². The zero-order valence-electron chi connectivity index (χ0n) is 12.9. The number of hydrogen-bond acceptors (Lipinski definition) is 4. The van der Waals surface area contributed by atoms with Crippen LogP contribution in [0.15, 0.2) is 15.5 Å². The molecule has 0 aromatic carbocycles. The van der Waals surface area contributed by atoms with E-state index in [1.54, 1.807) is 6.20 Å². The van der Waals surface area contributed by atoms with Gasteiger partial charge in [0, 0.05) is 25.7 Å². The third kappa shape index (κ3) is 4.54. The number of nitrogens with zero attached hydrogens (tertiary/aromatic N) is 3. The quantitative estimate of drug-likeness (QED) is 0.738. The van der Waals surface area contributed by atoms with E-state index in [4.69, 9.17) is 0 Å². The molecule has 0 amide bonds. The molecular weight excluding hydrogens is 332 g/mol. The second kappa shape index (κ2) is 7.94. The van der Waals surface area contributed by atoms with Crippen molar-refractivity contribution >= 4 is 21.6 Å². The molecule has 118 valence electrons. The van der Waals surface area contributed by atoms with E-state index in [-0.39, 0.29) is 5.56 Å². The van der Waals surface area contributed by atoms with Crippen molar-refractivity contribution in [2.24, 2.45) is 0 Å². The summed E-state index contributed by atoms with van der Waals surface area (Å²) in [5, 5.41) is 7.56. The smallest absolute Gasteiger partial charge is 0.283 e. The normalized spacial score (nSPS) is 14.7. The Bertz CT molecular complexity index is 513. The first-order valence-electron chi connectivity index (χ1n) is 7.90. The highest BCUT2D eigenvalue weighted by Crippen LogP contribution is 2.26. The minimum atomic E-state index is -0.0528. The lowest BCUT2D eigenvalue weighted by Crippen LogP contribution is -2.31. The molecule has 1 aliphatic rings. The zero-order chi connectivity index (χ0) is 15.2. The van der Waals surface area contributed by atoms with Gasteiger partial charge in [0.05, 0.1) is 11.9 Å². The molecular formula is C15H25BrN4O. The Morgan fingerprint density at radius 2 is 2.24 bits per heavy atom. The predicted octanol–water partition coefficient (Wildman–Crippen LogP) is 2.70. The third-order valence-corrected chi connectivity index (χ3v) is 4.66. The van der Waals surface area contributed by atoms with E-state index in [1.807, 2.05) is 0 Å². The van der Waals surface area contributed by atoms with Gasteiger partial charge < -0.3 is 5.32 Å². The second-order valence-corrected chi connectivity index (χ2v) is 6.33. The van der Waals surface area contributed by atoms with Crippen molar-refractivity contribution < 1.29 is 0 Å². The Morgan fingerprint density at radius 3 is 2.86 bits per heavy atom. The lowest BCUT2D eigenvalue weighted by molar-refractivity contribution is 0.289. The maximum atomic E-state index is 12.2. The minimum absolute atomic E-state index is 0.0528. The summed E-state index contributed by atoms with van der Waals surface area (Å²) in [4.78, 5) is 14.7. The predicted molar refractivity (Wildman–Crippen MR) is 89.9 cm³/mol. The molecule has 0 aliphatic heterocycles. The summed E-state index contributed by atoms with van der Waals surface area (Å²) in [7, 11) is 0. The molecule has 1 heterocycles. The number of anilines is 1. The van der Waals surface area contributed by atoms with Crippen LogP contribution in [0.3, 0.4) is 0 Å². The fraction of sp³-hybridized carbons (Fsp3) is 0.733. The van der Waals surface area contributed by atoms with Gasteiger partial charge in [-0.05, 0) is 41.7 Å². The number of aryl methyl sites for hydroxylation is 1. The largest absolute Gasteiger partial charge is 0.381 e. The molecule has 0 atom stereocenters. The van der Waals surface area contributed by atoms with Crippen molar-refractivity contribution in [3.8, 4) is 0 Å². The molecule has 21 heavy (non-hydrogen) atoms. The first-order chi connectivity index (χ1) is 10.2. The number of likely N-dealkylation sites (N-methyl/N-ethyl adjacent to an activating group) is 1. The Labute approximate surface area is 134 Å². The maximum Gasteiger partial charge on any atom is 0.283 e. The van der Waals surface area contributed by atoms with Gasteiger partial charge in [0.1, 0.15) is 4.47 Å². The van der Waals surface area contributed by atoms with Gasteiger partial charge in [0.2, 0.25) is 0 Å². The highest BCUT2D eigenvalue weighted by Gasteiger charge is 2.27. The Kier molecular flexibility index (Phi) is 6.23. The van der Waals surface area contributed by atoms with Gasteiger partial charge in [-0.2, -0.15) is 5.10 Å². The molecule has 0 unspecified atom stereocenters. The third-order valence-electron chi connectivity index (χ3n) is 3.89. The SMILES string of the molecule is CCCCn1ncc(NCCN(CC)C2CC2)c(Br)c1=O. The Morgan fingerprint density at radius 1 is 1.48 bits per heavy atom. The summed E-state index contributed by atoms with van der Waals surface area (Å²) in [6.45, 7) is 7.92. The molecule has 1 N–H and O–H groups in total. The van der Waals surface area contributed by atoms with Gasteiger partial charge >= 0.3 is 0 Å². The number of hydrogen-bond donors (Lipinski definition) is 1. The van der Waals surface area contributed by atoms with Gasteiger partial charge in [-0.15, -0.1) is 0 Å². The van der Waals surface area contributed by atoms with Crippen LogP contribution in [0.2, 0.25) is 0 Å². The van der Waals surface area contributed by atoms with E-state index < -0.39 is 0 Å². The number of halogens is 1. The minimum Gasteiger partial charge on any atom is -0.381 e. The molecule has 1 aromatic rings. The van der Waals surface area contributed by atoms with E-state index in [1.165, 1.54) is 17.5 Å². The number of aromatic nitrogens is 2. The standard InChI is InChI=1S/C15H25BrN4O/c1-3-5-9-20-15(21)14(16)13(11-18-20)17-8-10-19(4-2)12-6-7-12/h11-12,17H,3-10H2,1-2H3. The molecule has 0 radical (unpaired) electrons. The summed E-state index contributed by atoms with van der Waals surface area (Å²) in [5.74, 6) is 0. The molecule has 6 heteroatoms. The van der Waals surface area contributed by atoms with Crippen LogP contribution in [0.1, 0.15) is 39.5 Å². The zero-order valence-corrected chi connectivity index (χ0v) is 14.5. The molecule has 1 fully saturated rings. The van der Waals surface area contributed by atoms with Crippen molar-refractivity contribution in [1.29, 1.82) is 0 Å². The van der Waals surface area contributed by atoms with E-state index in [9.17, 15) is 4.79 Å². The average Bonchev–Trinajstić information content (AvgIpc) is 3.31. The van der Waals surface area contributed by atoms with Gasteiger partial charge in [-0.1, -0.05) is 20.3 Å². The summed E-state index contributed by atoms with van der Waals surface area (Å²) in [6, 6.07) is 0.778. The van der Waals surface area contributed by atoms with Crippen LogP contribution in [0, 0.1) is 0 Å². The first kappa shape index (κ1) is 16.5. The molecule has 0 saturated heterocycles. The van der Waals surface area contributed by atoms with Gasteiger partial charge in [0.25, 0.3) is 5.56 Å². The first-order valence-corrected chi connectivity index (χ1v) is 8.70. The highest BCUT2D eigenvalue weighted by atomic mass is 79.9. The lowest BCUT2D eigenvalue weighted by Gasteiger charge is -2.20. The topological polar surface area (TPSA) is 50.2 Å². The second-order valence-electron chi connectivity index (χ2n) is 5.54. The van der Waals surface area contributed by atoms with E-state index in [0.29, 0.717) is 11.0 Å².